The van der Waals surface area contributed by atoms with E-state index in [1.165, 1.54) is 12.1 Å². The van der Waals surface area contributed by atoms with Crippen LogP contribution in [-0.4, -0.2) is 44.0 Å². The van der Waals surface area contributed by atoms with Crippen molar-refractivity contribution in [2.24, 2.45) is 0 Å². The molecule has 0 aliphatic carbocycles. The summed E-state index contributed by atoms with van der Waals surface area (Å²) in [5.74, 6) is 0. The molecule has 0 atom stereocenters. The number of hydrogen-bond acceptors (Lipinski definition) is 4. The summed E-state index contributed by atoms with van der Waals surface area (Å²) in [6.07, 6.45) is -2.82. The lowest BCUT2D eigenvalue weighted by Gasteiger charge is -2.21. The third kappa shape index (κ3) is 4.12. The highest BCUT2D eigenvalue weighted by molar-refractivity contribution is 7.89. The normalized spacial score (nSPS) is 12.3. The van der Waals surface area contributed by atoms with E-state index < -0.39 is 29.6 Å². The molecule has 108 valence electrons. The molecule has 0 aliphatic rings. The minimum Gasteiger partial charge on any atom is -0.399 e. The van der Waals surface area contributed by atoms with Crippen LogP contribution in [0.5, 0.6) is 0 Å². The molecule has 0 bridgehead atoms. The summed E-state index contributed by atoms with van der Waals surface area (Å²) in [5.41, 5.74) is 6.40. The lowest BCUT2D eigenvalue weighted by Crippen LogP contribution is -2.37. The average molecular weight is 294 g/mol. The number of anilines is 1. The average Bonchev–Trinajstić information content (AvgIpc) is 2.26. The van der Waals surface area contributed by atoms with Crippen molar-refractivity contribution in [1.29, 1.82) is 0 Å². The van der Waals surface area contributed by atoms with Crippen LogP contribution in [0.1, 0.15) is 5.56 Å². The first kappa shape index (κ1) is 15.8. The summed E-state index contributed by atoms with van der Waals surface area (Å²) in [7, 11) is -4.09. The fourth-order valence-corrected chi connectivity index (χ4v) is 3.20. The van der Waals surface area contributed by atoms with Gasteiger partial charge in [-0.2, -0.15) is 4.31 Å². The van der Waals surface area contributed by atoms with Gasteiger partial charge in [0.15, 0.2) is 0 Å². The van der Waals surface area contributed by atoms with Crippen LogP contribution in [0.2, 0.25) is 0 Å². The van der Waals surface area contributed by atoms with Gasteiger partial charge >= 0.3 is 0 Å². The van der Waals surface area contributed by atoms with Crippen molar-refractivity contribution >= 4 is 15.7 Å². The lowest BCUT2D eigenvalue weighted by molar-refractivity contribution is 0.113. The van der Waals surface area contributed by atoms with Gasteiger partial charge < -0.3 is 10.8 Å². The summed E-state index contributed by atoms with van der Waals surface area (Å²) in [5, 5.41) is 8.79. The van der Waals surface area contributed by atoms with Gasteiger partial charge in [0, 0.05) is 12.2 Å². The van der Waals surface area contributed by atoms with Gasteiger partial charge in [-0.05, 0) is 30.7 Å². The van der Waals surface area contributed by atoms with Crippen LogP contribution in [0.25, 0.3) is 0 Å². The molecular weight excluding hydrogens is 278 g/mol. The van der Waals surface area contributed by atoms with Gasteiger partial charge in [-0.3, -0.25) is 0 Å². The molecule has 5 nitrogen and oxygen atoms in total. The Labute approximate surface area is 110 Å². The topological polar surface area (TPSA) is 83.6 Å². The van der Waals surface area contributed by atoms with Crippen molar-refractivity contribution in [3.63, 3.8) is 0 Å². The Bertz CT molecular complexity index is 514. The molecule has 19 heavy (non-hydrogen) atoms. The van der Waals surface area contributed by atoms with E-state index >= 15 is 0 Å². The van der Waals surface area contributed by atoms with Gasteiger partial charge in [0.2, 0.25) is 10.0 Å². The fraction of sp³-hybridized carbons (Fsp3) is 0.455. The molecular formula is C11H16F2N2O3S. The van der Waals surface area contributed by atoms with Crippen molar-refractivity contribution in [2.75, 3.05) is 25.4 Å². The molecule has 0 heterocycles. The van der Waals surface area contributed by atoms with E-state index in [0.717, 1.165) is 0 Å². The van der Waals surface area contributed by atoms with Crippen molar-refractivity contribution in [2.45, 2.75) is 18.2 Å². The SMILES string of the molecule is Cc1cc(N)cc(S(=O)(=O)N(CCO)CC(F)F)c1. The van der Waals surface area contributed by atoms with Gasteiger partial charge in [0.05, 0.1) is 18.0 Å². The number of aliphatic hydroxyl groups excluding tert-OH is 1. The Balaban J connectivity index is 3.18. The number of benzene rings is 1. The van der Waals surface area contributed by atoms with E-state index in [0.29, 0.717) is 9.87 Å². The first-order valence-corrected chi connectivity index (χ1v) is 6.97. The maximum absolute atomic E-state index is 12.4. The molecule has 0 aromatic heterocycles. The van der Waals surface area contributed by atoms with Crippen LogP contribution in [-0.2, 0) is 10.0 Å². The van der Waals surface area contributed by atoms with Crippen molar-refractivity contribution in [3.05, 3.63) is 23.8 Å². The van der Waals surface area contributed by atoms with E-state index in [4.69, 9.17) is 10.8 Å². The number of aliphatic hydroxyl groups is 1. The quantitative estimate of drug-likeness (QED) is 0.761. The number of sulfonamides is 1. The van der Waals surface area contributed by atoms with Gasteiger partial charge in [-0.1, -0.05) is 0 Å². The third-order valence-electron chi connectivity index (χ3n) is 2.40. The first-order valence-electron chi connectivity index (χ1n) is 5.53. The van der Waals surface area contributed by atoms with Crippen LogP contribution in [0.3, 0.4) is 0 Å². The second kappa shape index (κ2) is 6.27. The zero-order valence-electron chi connectivity index (χ0n) is 10.4. The van der Waals surface area contributed by atoms with Crippen LogP contribution in [0.15, 0.2) is 23.1 Å². The smallest absolute Gasteiger partial charge is 0.252 e. The zero-order chi connectivity index (χ0) is 14.6. The van der Waals surface area contributed by atoms with E-state index in [9.17, 15) is 17.2 Å². The molecule has 1 aromatic rings. The zero-order valence-corrected chi connectivity index (χ0v) is 11.2. The summed E-state index contributed by atoms with van der Waals surface area (Å²) in [4.78, 5) is -0.154. The standard InChI is InChI=1S/C11H16F2N2O3S/c1-8-4-9(14)6-10(5-8)19(17,18)15(2-3-16)7-11(12)13/h4-6,11,16H,2-3,7,14H2,1H3. The van der Waals surface area contributed by atoms with Gasteiger partial charge in [0.25, 0.3) is 6.43 Å². The molecule has 0 aliphatic heterocycles. The predicted octanol–water partition coefficient (Wildman–Crippen LogP) is 0.825. The van der Waals surface area contributed by atoms with Crippen LogP contribution in [0, 0.1) is 6.92 Å². The van der Waals surface area contributed by atoms with Crippen LogP contribution in [0.4, 0.5) is 14.5 Å². The van der Waals surface area contributed by atoms with Gasteiger partial charge in [-0.25, -0.2) is 17.2 Å². The lowest BCUT2D eigenvalue weighted by atomic mass is 10.2. The van der Waals surface area contributed by atoms with Gasteiger partial charge in [-0.15, -0.1) is 0 Å². The van der Waals surface area contributed by atoms with E-state index in [2.05, 4.69) is 0 Å². The van der Waals surface area contributed by atoms with Crippen LogP contribution >= 0.6 is 0 Å². The minimum atomic E-state index is -4.09. The number of nitrogen functional groups attached to an aromatic ring is 1. The Kier molecular flexibility index (Phi) is 5.21. The Morgan fingerprint density at radius 3 is 2.47 bits per heavy atom. The molecule has 1 rings (SSSR count). The van der Waals surface area contributed by atoms with Crippen molar-refractivity contribution in [1.82, 2.24) is 4.31 Å². The summed E-state index contributed by atoms with van der Waals surface area (Å²) in [6.45, 7) is -0.233. The molecule has 0 fully saturated rings. The number of rotatable bonds is 6. The molecule has 8 heteroatoms. The molecule has 1 aromatic carbocycles. The maximum Gasteiger partial charge on any atom is 0.252 e. The molecule has 0 unspecified atom stereocenters. The summed E-state index contributed by atoms with van der Waals surface area (Å²) in [6, 6.07) is 4.13. The number of aryl methyl sites for hydroxylation is 1. The second-order valence-electron chi connectivity index (χ2n) is 4.06. The molecule has 0 spiro atoms. The number of alkyl halides is 2. The number of nitrogens with zero attached hydrogens (tertiary/aromatic N) is 1. The highest BCUT2D eigenvalue weighted by Gasteiger charge is 2.27. The monoisotopic (exact) mass is 294 g/mol. The van der Waals surface area contributed by atoms with Gasteiger partial charge in [0.1, 0.15) is 0 Å². The summed E-state index contributed by atoms with van der Waals surface area (Å²) >= 11 is 0. The number of nitrogens with two attached hydrogens (primary N) is 1. The Morgan fingerprint density at radius 2 is 2.00 bits per heavy atom. The Hall–Kier alpha value is -1.25. The highest BCUT2D eigenvalue weighted by atomic mass is 32.2. The Morgan fingerprint density at radius 1 is 1.37 bits per heavy atom. The van der Waals surface area contributed by atoms with E-state index in [1.807, 2.05) is 0 Å². The second-order valence-corrected chi connectivity index (χ2v) is 6.00. The molecule has 0 saturated heterocycles. The molecule has 0 radical (unpaired) electrons. The van der Waals surface area contributed by atoms with E-state index in [-0.39, 0.29) is 17.1 Å². The number of halogens is 2. The van der Waals surface area contributed by atoms with Crippen LogP contribution < -0.4 is 5.73 Å². The molecule has 0 saturated carbocycles. The predicted molar refractivity (Wildman–Crippen MR) is 67.4 cm³/mol. The van der Waals surface area contributed by atoms with E-state index in [1.54, 1.807) is 13.0 Å². The maximum atomic E-state index is 12.4. The number of hydrogen-bond donors (Lipinski definition) is 2. The largest absolute Gasteiger partial charge is 0.399 e. The minimum absolute atomic E-state index is 0.154. The summed E-state index contributed by atoms with van der Waals surface area (Å²) < 4.78 is 49.7. The third-order valence-corrected chi connectivity index (χ3v) is 4.24. The molecule has 0 amide bonds. The van der Waals surface area contributed by atoms with Crippen molar-refractivity contribution < 1.29 is 22.3 Å². The molecule has 3 N–H and O–H groups in total. The first-order chi connectivity index (χ1) is 8.77. The fourth-order valence-electron chi connectivity index (χ4n) is 1.65. The highest BCUT2D eigenvalue weighted by Crippen LogP contribution is 2.21. The van der Waals surface area contributed by atoms with Crippen molar-refractivity contribution in [3.8, 4) is 0 Å².